The van der Waals surface area contributed by atoms with Crippen LogP contribution in [0.2, 0.25) is 0 Å². The van der Waals surface area contributed by atoms with E-state index in [0.717, 1.165) is 36.4 Å². The number of aromatic nitrogens is 5. The second-order valence-electron chi connectivity index (χ2n) is 8.79. The maximum absolute atomic E-state index is 12.8. The van der Waals surface area contributed by atoms with E-state index in [1.807, 2.05) is 23.6 Å². The largest absolute Gasteiger partial charge is 0.496 e. The molecular formula is C24H24F3N7O2. The van der Waals surface area contributed by atoms with Crippen LogP contribution in [0.5, 0.6) is 5.75 Å². The van der Waals surface area contributed by atoms with Gasteiger partial charge in [0, 0.05) is 23.7 Å². The van der Waals surface area contributed by atoms with Gasteiger partial charge < -0.3 is 15.4 Å². The van der Waals surface area contributed by atoms with Crippen LogP contribution in [0.4, 0.5) is 24.8 Å². The summed E-state index contributed by atoms with van der Waals surface area (Å²) in [5.41, 5.74) is 3.62. The minimum absolute atomic E-state index is 0.0193. The Morgan fingerprint density at radius 2 is 2.03 bits per heavy atom. The summed E-state index contributed by atoms with van der Waals surface area (Å²) < 4.78 is 45.4. The van der Waals surface area contributed by atoms with Crippen LogP contribution < -0.4 is 15.4 Å². The lowest BCUT2D eigenvalue weighted by Crippen LogP contribution is -2.43. The summed E-state index contributed by atoms with van der Waals surface area (Å²) in [6, 6.07) is 6.45. The highest BCUT2D eigenvalue weighted by molar-refractivity contribution is 5.97. The second-order valence-corrected chi connectivity index (χ2v) is 8.79. The first-order valence-corrected chi connectivity index (χ1v) is 11.4. The molecule has 1 aliphatic rings. The molecular weight excluding hydrogens is 475 g/mol. The van der Waals surface area contributed by atoms with Gasteiger partial charge in [-0.2, -0.15) is 23.3 Å². The monoisotopic (exact) mass is 499 g/mol. The number of carbonyl (C=O) groups is 1. The maximum Gasteiger partial charge on any atom is 0.408 e. The lowest BCUT2D eigenvalue weighted by Gasteiger charge is -2.18. The number of H-pyrrole nitrogens is 1. The van der Waals surface area contributed by atoms with Crippen molar-refractivity contribution in [2.75, 3.05) is 12.4 Å². The molecule has 36 heavy (non-hydrogen) atoms. The van der Waals surface area contributed by atoms with Crippen LogP contribution in [0.15, 0.2) is 36.5 Å². The van der Waals surface area contributed by atoms with Gasteiger partial charge in [-0.1, -0.05) is 6.07 Å². The van der Waals surface area contributed by atoms with Crippen LogP contribution in [-0.2, 0) is 7.05 Å². The van der Waals surface area contributed by atoms with E-state index < -0.39 is 18.1 Å². The highest BCUT2D eigenvalue weighted by Gasteiger charge is 2.37. The Hall–Kier alpha value is -4.09. The number of nitrogens with zero attached hydrogens (tertiary/aromatic N) is 4. The van der Waals surface area contributed by atoms with Gasteiger partial charge in [-0.15, -0.1) is 5.10 Å². The number of amides is 1. The minimum Gasteiger partial charge on any atom is -0.496 e. The summed E-state index contributed by atoms with van der Waals surface area (Å²) in [6.45, 7) is 0.879. The lowest BCUT2D eigenvalue weighted by atomic mass is 10.0. The predicted octanol–water partition coefficient (Wildman–Crippen LogP) is 4.67. The van der Waals surface area contributed by atoms with Gasteiger partial charge in [0.05, 0.1) is 24.4 Å². The molecule has 2 heterocycles. The second kappa shape index (κ2) is 8.85. The summed E-state index contributed by atoms with van der Waals surface area (Å²) in [6.07, 6.45) is -0.490. The van der Waals surface area contributed by atoms with Crippen molar-refractivity contribution < 1.29 is 22.7 Å². The van der Waals surface area contributed by atoms with Crippen molar-refractivity contribution in [2.45, 2.75) is 37.9 Å². The maximum atomic E-state index is 12.8. The fourth-order valence-electron chi connectivity index (χ4n) is 4.07. The van der Waals surface area contributed by atoms with Gasteiger partial charge in [-0.3, -0.25) is 9.89 Å². The summed E-state index contributed by atoms with van der Waals surface area (Å²) in [5, 5.41) is 18.0. The number of rotatable bonds is 7. The molecule has 3 N–H and O–H groups in total. The van der Waals surface area contributed by atoms with Gasteiger partial charge in [-0.25, -0.2) is 4.68 Å². The molecule has 188 valence electrons. The molecule has 1 amide bonds. The summed E-state index contributed by atoms with van der Waals surface area (Å²) in [7, 11) is 3.09. The summed E-state index contributed by atoms with van der Waals surface area (Å²) in [4.78, 5) is 17.0. The van der Waals surface area contributed by atoms with E-state index in [0.29, 0.717) is 23.3 Å². The van der Waals surface area contributed by atoms with Crippen LogP contribution in [0.25, 0.3) is 22.3 Å². The van der Waals surface area contributed by atoms with Crippen molar-refractivity contribution in [3.63, 3.8) is 0 Å². The summed E-state index contributed by atoms with van der Waals surface area (Å²) >= 11 is 0. The quantitative estimate of drug-likeness (QED) is 0.341. The SMILES string of the molecule is COc1cc(-c2nc(Nc3ccc4[nH]ncc4c3C3CC3)n(C)n2)ccc1C(=O)NC(C)C(F)(F)F. The third-order valence-corrected chi connectivity index (χ3v) is 6.20. The smallest absolute Gasteiger partial charge is 0.408 e. The number of fused-ring (bicyclic) bond motifs is 1. The molecule has 0 saturated heterocycles. The predicted molar refractivity (Wildman–Crippen MR) is 127 cm³/mol. The Bertz CT molecular complexity index is 1440. The van der Waals surface area contributed by atoms with E-state index >= 15 is 0 Å². The number of halogens is 3. The number of methoxy groups -OCH3 is 1. The first-order chi connectivity index (χ1) is 17.2. The third kappa shape index (κ3) is 4.45. The topological polar surface area (TPSA) is 110 Å². The van der Waals surface area contributed by atoms with E-state index in [4.69, 9.17) is 4.74 Å². The van der Waals surface area contributed by atoms with Crippen LogP contribution in [-0.4, -0.2) is 50.2 Å². The highest BCUT2D eigenvalue weighted by atomic mass is 19.4. The zero-order chi connectivity index (χ0) is 25.6. The zero-order valence-corrected chi connectivity index (χ0v) is 19.8. The molecule has 1 unspecified atom stereocenters. The number of alkyl halides is 3. The van der Waals surface area contributed by atoms with Crippen molar-refractivity contribution in [2.24, 2.45) is 7.05 Å². The van der Waals surface area contributed by atoms with Crippen LogP contribution >= 0.6 is 0 Å². The number of nitrogens with one attached hydrogen (secondary N) is 3. The zero-order valence-electron chi connectivity index (χ0n) is 19.8. The van der Waals surface area contributed by atoms with Gasteiger partial charge in [0.15, 0.2) is 5.82 Å². The molecule has 4 aromatic rings. The van der Waals surface area contributed by atoms with Crippen molar-refractivity contribution in [3.8, 4) is 17.1 Å². The molecule has 1 saturated carbocycles. The van der Waals surface area contributed by atoms with Crippen LogP contribution in [0.1, 0.15) is 41.6 Å². The number of benzene rings is 2. The number of aromatic amines is 1. The van der Waals surface area contributed by atoms with Gasteiger partial charge in [0.25, 0.3) is 5.91 Å². The van der Waals surface area contributed by atoms with Crippen molar-refractivity contribution in [3.05, 3.63) is 47.7 Å². The van der Waals surface area contributed by atoms with Gasteiger partial charge in [-0.05, 0) is 55.5 Å². The Morgan fingerprint density at radius 3 is 2.72 bits per heavy atom. The van der Waals surface area contributed by atoms with E-state index in [9.17, 15) is 18.0 Å². The molecule has 0 bridgehead atoms. The van der Waals surface area contributed by atoms with Crippen molar-refractivity contribution in [1.82, 2.24) is 30.3 Å². The Labute approximate surface area is 204 Å². The molecule has 0 radical (unpaired) electrons. The third-order valence-electron chi connectivity index (χ3n) is 6.20. The summed E-state index contributed by atoms with van der Waals surface area (Å²) in [5.74, 6) is 0.565. The molecule has 0 spiro atoms. The van der Waals surface area contributed by atoms with Crippen molar-refractivity contribution in [1.29, 1.82) is 0 Å². The molecule has 1 atom stereocenters. The van der Waals surface area contributed by atoms with Crippen LogP contribution in [0.3, 0.4) is 0 Å². The molecule has 2 aromatic carbocycles. The average molecular weight is 499 g/mol. The fourth-order valence-corrected chi connectivity index (χ4v) is 4.07. The Morgan fingerprint density at radius 1 is 1.25 bits per heavy atom. The number of hydrogen-bond donors (Lipinski definition) is 3. The molecule has 12 heteroatoms. The van der Waals surface area contributed by atoms with E-state index in [-0.39, 0.29) is 11.3 Å². The standard InChI is InChI=1S/C24H24F3N7O2/c1-12(24(25,26)27)29-22(35)15-7-6-14(10-19(15)36-3)21-31-23(34(2)33-21)30-18-9-8-17-16(11-28-32-17)20(18)13-4-5-13/h6-13H,4-5H2,1-3H3,(H,28,32)(H,29,35)(H,30,31,33). The number of aryl methyl sites for hydroxylation is 1. The molecule has 0 aliphatic heterocycles. The van der Waals surface area contributed by atoms with E-state index in [1.165, 1.54) is 24.8 Å². The van der Waals surface area contributed by atoms with Gasteiger partial charge >= 0.3 is 6.18 Å². The Kier molecular flexibility index (Phi) is 5.81. The highest BCUT2D eigenvalue weighted by Crippen LogP contribution is 2.47. The first kappa shape index (κ1) is 23.6. The molecule has 5 rings (SSSR count). The number of anilines is 2. The lowest BCUT2D eigenvalue weighted by molar-refractivity contribution is -0.149. The molecule has 1 fully saturated rings. The fraction of sp³-hybridized carbons (Fsp3) is 0.333. The van der Waals surface area contributed by atoms with Gasteiger partial charge in [0.1, 0.15) is 11.8 Å². The number of hydrogen-bond acceptors (Lipinski definition) is 6. The van der Waals surface area contributed by atoms with Crippen molar-refractivity contribution >= 4 is 28.4 Å². The van der Waals surface area contributed by atoms with E-state index in [2.05, 4.69) is 25.6 Å². The van der Waals surface area contributed by atoms with Crippen LogP contribution in [0, 0.1) is 0 Å². The number of carbonyl (C=O) groups excluding carboxylic acids is 1. The van der Waals surface area contributed by atoms with Gasteiger partial charge in [0.2, 0.25) is 5.95 Å². The minimum atomic E-state index is -4.55. The number of ether oxygens (including phenoxy) is 1. The normalized spacial score (nSPS) is 14.6. The molecule has 2 aromatic heterocycles. The van der Waals surface area contributed by atoms with E-state index in [1.54, 1.807) is 17.8 Å². The first-order valence-electron chi connectivity index (χ1n) is 11.4. The average Bonchev–Trinajstić information content (AvgIpc) is 3.45. The Balaban J connectivity index is 1.41. The molecule has 9 nitrogen and oxygen atoms in total. The molecule has 1 aliphatic carbocycles.